The first-order chi connectivity index (χ1) is 14.4. The van der Waals surface area contributed by atoms with E-state index >= 15 is 0 Å². The van der Waals surface area contributed by atoms with Crippen LogP contribution in [-0.4, -0.2) is 10.7 Å². The highest BCUT2D eigenvalue weighted by atomic mass is 19.1. The summed E-state index contributed by atoms with van der Waals surface area (Å²) in [6.45, 7) is 0. The highest BCUT2D eigenvalue weighted by Gasteiger charge is 2.40. The molecule has 0 aromatic heterocycles. The number of carbonyl (C=O) groups is 1. The molecule has 0 spiro atoms. The molecule has 2 aliphatic rings. The number of nitrogens with two attached hydrogens (primary N) is 1. The second-order valence-corrected chi connectivity index (χ2v) is 7.20. The van der Waals surface area contributed by atoms with E-state index in [0.717, 1.165) is 5.56 Å². The lowest BCUT2D eigenvalue weighted by Crippen LogP contribution is -2.30. The summed E-state index contributed by atoms with van der Waals surface area (Å²) in [5.74, 6) is -1.43. The molecule has 0 saturated carbocycles. The Morgan fingerprint density at radius 1 is 1.17 bits per heavy atom. The molecular formula is C22H16FN3O4. The monoisotopic (exact) mass is 405 g/mol. The van der Waals surface area contributed by atoms with Crippen molar-refractivity contribution in [3.8, 4) is 6.07 Å². The van der Waals surface area contributed by atoms with Crippen LogP contribution < -0.4 is 5.73 Å². The van der Waals surface area contributed by atoms with Gasteiger partial charge < -0.3 is 10.5 Å². The molecule has 150 valence electrons. The maximum Gasteiger partial charge on any atom is 0.269 e. The summed E-state index contributed by atoms with van der Waals surface area (Å²) in [6, 6.07) is 13.6. The predicted molar refractivity (Wildman–Crippen MR) is 104 cm³/mol. The third-order valence-corrected chi connectivity index (χ3v) is 5.41. The molecule has 2 aromatic rings. The van der Waals surface area contributed by atoms with Gasteiger partial charge in [-0.3, -0.25) is 14.9 Å². The van der Waals surface area contributed by atoms with Crippen molar-refractivity contribution >= 4 is 11.5 Å². The fourth-order valence-electron chi connectivity index (χ4n) is 4.00. The minimum Gasteiger partial charge on any atom is -0.448 e. The minimum absolute atomic E-state index is 0.0466. The second kappa shape index (κ2) is 7.44. The summed E-state index contributed by atoms with van der Waals surface area (Å²) in [4.78, 5) is 23.8. The number of ketones is 1. The van der Waals surface area contributed by atoms with E-state index in [1.165, 1.54) is 30.3 Å². The molecule has 4 rings (SSSR count). The molecule has 30 heavy (non-hydrogen) atoms. The molecule has 2 atom stereocenters. The lowest BCUT2D eigenvalue weighted by Gasteiger charge is -2.34. The first-order valence-corrected chi connectivity index (χ1v) is 9.22. The van der Waals surface area contributed by atoms with Crippen LogP contribution in [-0.2, 0) is 9.53 Å². The molecule has 1 heterocycles. The molecule has 0 saturated heterocycles. The van der Waals surface area contributed by atoms with E-state index < -0.39 is 10.8 Å². The van der Waals surface area contributed by atoms with Crippen molar-refractivity contribution in [3.05, 3.63) is 98.4 Å². The zero-order valence-corrected chi connectivity index (χ0v) is 15.7. The van der Waals surface area contributed by atoms with Gasteiger partial charge in [-0.1, -0.05) is 24.3 Å². The largest absolute Gasteiger partial charge is 0.448 e. The molecule has 8 heteroatoms. The van der Waals surface area contributed by atoms with Crippen molar-refractivity contribution in [2.24, 2.45) is 5.73 Å². The van der Waals surface area contributed by atoms with Crippen LogP contribution in [0.2, 0.25) is 0 Å². The van der Waals surface area contributed by atoms with Gasteiger partial charge >= 0.3 is 0 Å². The Morgan fingerprint density at radius 3 is 2.57 bits per heavy atom. The van der Waals surface area contributed by atoms with Crippen molar-refractivity contribution in [1.29, 1.82) is 5.26 Å². The van der Waals surface area contributed by atoms with E-state index in [1.54, 1.807) is 18.2 Å². The van der Waals surface area contributed by atoms with Gasteiger partial charge in [-0.2, -0.15) is 5.26 Å². The van der Waals surface area contributed by atoms with E-state index in [1.807, 2.05) is 6.07 Å². The van der Waals surface area contributed by atoms with Gasteiger partial charge in [-0.05, 0) is 29.2 Å². The van der Waals surface area contributed by atoms with Gasteiger partial charge in [0.25, 0.3) is 5.69 Å². The highest BCUT2D eigenvalue weighted by molar-refractivity contribution is 6.00. The third kappa shape index (κ3) is 3.31. The fraction of sp³-hybridized carbons (Fsp3) is 0.182. The number of benzene rings is 2. The van der Waals surface area contributed by atoms with Gasteiger partial charge in [-0.25, -0.2) is 4.39 Å². The van der Waals surface area contributed by atoms with Crippen molar-refractivity contribution in [2.45, 2.75) is 24.7 Å². The van der Waals surface area contributed by atoms with Crippen LogP contribution >= 0.6 is 0 Å². The molecule has 0 amide bonds. The standard InChI is InChI=1S/C22H16FN3O4/c23-15-6-4-12(5-7-15)14-9-17(27)21-18(10-14)30-19(11-24)22(25)20(21)13-2-1-3-16(8-13)26(28)29/h1-8,14,20H,9-10,25H2. The molecule has 0 bridgehead atoms. The maximum atomic E-state index is 13.3. The summed E-state index contributed by atoms with van der Waals surface area (Å²) in [7, 11) is 0. The summed E-state index contributed by atoms with van der Waals surface area (Å²) in [5, 5.41) is 20.7. The SMILES string of the molecule is N#CC1=C(N)C(c2cccc([N+](=O)[O-])c2)C2=C(CC(c3ccc(F)cc3)CC2=O)O1. The molecule has 1 aliphatic heterocycles. The Morgan fingerprint density at radius 2 is 1.90 bits per heavy atom. The van der Waals surface area contributed by atoms with Crippen molar-refractivity contribution < 1.29 is 18.8 Å². The Hall–Kier alpha value is -3.99. The number of rotatable bonds is 3. The molecule has 2 N–H and O–H groups in total. The number of halogens is 1. The predicted octanol–water partition coefficient (Wildman–Crippen LogP) is 3.94. The van der Waals surface area contributed by atoms with Crippen LogP contribution in [0.1, 0.15) is 35.8 Å². The Labute approximate surface area is 171 Å². The molecular weight excluding hydrogens is 389 g/mol. The van der Waals surface area contributed by atoms with Crippen LogP contribution in [0.25, 0.3) is 0 Å². The molecule has 1 aliphatic carbocycles. The number of allylic oxidation sites excluding steroid dienone is 3. The van der Waals surface area contributed by atoms with Gasteiger partial charge in [0.05, 0.1) is 16.5 Å². The number of nitro benzene ring substituents is 1. The smallest absolute Gasteiger partial charge is 0.269 e. The fourth-order valence-corrected chi connectivity index (χ4v) is 4.00. The average molecular weight is 405 g/mol. The Balaban J connectivity index is 1.79. The Kier molecular flexibility index (Phi) is 4.80. The van der Waals surface area contributed by atoms with Crippen LogP contribution in [0, 0.1) is 27.3 Å². The van der Waals surface area contributed by atoms with Crippen molar-refractivity contribution in [2.75, 3.05) is 0 Å². The number of nitro groups is 1. The lowest BCUT2D eigenvalue weighted by molar-refractivity contribution is -0.384. The Bertz CT molecular complexity index is 1160. The summed E-state index contributed by atoms with van der Waals surface area (Å²) < 4.78 is 18.9. The van der Waals surface area contributed by atoms with Crippen LogP contribution in [0.3, 0.4) is 0 Å². The second-order valence-electron chi connectivity index (χ2n) is 7.20. The van der Waals surface area contributed by atoms with E-state index in [4.69, 9.17) is 10.5 Å². The van der Waals surface area contributed by atoms with Gasteiger partial charge in [0.1, 0.15) is 17.6 Å². The van der Waals surface area contributed by atoms with Gasteiger partial charge in [0.2, 0.25) is 5.76 Å². The number of hydrogen-bond donors (Lipinski definition) is 1. The highest BCUT2D eigenvalue weighted by Crippen LogP contribution is 2.46. The molecule has 0 fully saturated rings. The number of non-ortho nitro benzene ring substituents is 1. The molecule has 0 radical (unpaired) electrons. The topological polar surface area (TPSA) is 119 Å². The molecule has 2 aromatic carbocycles. The molecule has 7 nitrogen and oxygen atoms in total. The zero-order chi connectivity index (χ0) is 21.4. The van der Waals surface area contributed by atoms with Gasteiger partial charge in [0.15, 0.2) is 5.78 Å². The van der Waals surface area contributed by atoms with Crippen LogP contribution in [0.4, 0.5) is 10.1 Å². The summed E-state index contributed by atoms with van der Waals surface area (Å²) in [5.41, 5.74) is 7.60. The quantitative estimate of drug-likeness (QED) is 0.610. The first kappa shape index (κ1) is 19.3. The van der Waals surface area contributed by atoms with Crippen LogP contribution in [0.15, 0.2) is 71.3 Å². The average Bonchev–Trinajstić information content (AvgIpc) is 2.74. The number of nitriles is 1. The summed E-state index contributed by atoms with van der Waals surface area (Å²) in [6.07, 6.45) is 0.491. The van der Waals surface area contributed by atoms with Gasteiger partial charge in [-0.15, -0.1) is 0 Å². The third-order valence-electron chi connectivity index (χ3n) is 5.41. The first-order valence-electron chi connectivity index (χ1n) is 9.22. The maximum absolute atomic E-state index is 13.3. The van der Waals surface area contributed by atoms with E-state index in [9.17, 15) is 24.6 Å². The number of hydrogen-bond acceptors (Lipinski definition) is 6. The number of carbonyl (C=O) groups excluding carboxylic acids is 1. The van der Waals surface area contributed by atoms with E-state index in [0.29, 0.717) is 23.3 Å². The van der Waals surface area contributed by atoms with E-state index in [2.05, 4.69) is 0 Å². The summed E-state index contributed by atoms with van der Waals surface area (Å²) >= 11 is 0. The minimum atomic E-state index is -0.801. The number of nitrogens with zero attached hydrogens (tertiary/aromatic N) is 2. The number of ether oxygens (including phenoxy) is 1. The number of Topliss-reactive ketones (excluding diaryl/α,β-unsaturated/α-hetero) is 1. The van der Waals surface area contributed by atoms with Crippen molar-refractivity contribution in [3.63, 3.8) is 0 Å². The molecule has 2 unspecified atom stereocenters. The normalized spacial score (nSPS) is 21.0. The van der Waals surface area contributed by atoms with E-state index in [-0.39, 0.29) is 41.1 Å². The van der Waals surface area contributed by atoms with Crippen LogP contribution in [0.5, 0.6) is 0 Å². The van der Waals surface area contributed by atoms with Gasteiger partial charge in [0, 0.05) is 30.5 Å². The lowest BCUT2D eigenvalue weighted by atomic mass is 9.74. The van der Waals surface area contributed by atoms with Crippen molar-refractivity contribution in [1.82, 2.24) is 0 Å². The zero-order valence-electron chi connectivity index (χ0n) is 15.7.